The number of carbonyl (C=O) groups is 1. The maximum atomic E-state index is 12.8. The second kappa shape index (κ2) is 8.93. The quantitative estimate of drug-likeness (QED) is 0.614. The molecule has 0 bridgehead atoms. The van der Waals surface area contributed by atoms with Crippen LogP contribution in [0.15, 0.2) is 48.5 Å². The first-order chi connectivity index (χ1) is 14.1. The third-order valence-electron chi connectivity index (χ3n) is 5.53. The Morgan fingerprint density at radius 1 is 1.24 bits per heavy atom. The number of aromatic nitrogens is 1. The molecule has 0 spiro atoms. The van der Waals surface area contributed by atoms with Crippen molar-refractivity contribution in [1.29, 1.82) is 0 Å². The molecule has 0 radical (unpaired) electrons. The van der Waals surface area contributed by atoms with Crippen molar-refractivity contribution in [3.8, 4) is 5.75 Å². The Morgan fingerprint density at radius 2 is 2.03 bits per heavy atom. The van der Waals surface area contributed by atoms with Crippen molar-refractivity contribution in [2.75, 3.05) is 33.8 Å². The monoisotopic (exact) mass is 409 g/mol. The Hall–Kier alpha value is -2.44. The highest BCUT2D eigenvalue weighted by Crippen LogP contribution is 2.32. The van der Waals surface area contributed by atoms with E-state index in [1.54, 1.807) is 18.4 Å². The van der Waals surface area contributed by atoms with E-state index in [9.17, 15) is 4.79 Å². The van der Waals surface area contributed by atoms with Gasteiger partial charge in [0.25, 0.3) is 0 Å². The minimum atomic E-state index is 0.158. The molecular formula is C23H27N3O2S. The van der Waals surface area contributed by atoms with Crippen LogP contribution in [0.5, 0.6) is 5.75 Å². The molecule has 1 amide bonds. The molecule has 1 aliphatic heterocycles. The van der Waals surface area contributed by atoms with E-state index >= 15 is 0 Å². The predicted octanol–water partition coefficient (Wildman–Crippen LogP) is 4.14. The van der Waals surface area contributed by atoms with Crippen LogP contribution in [0.2, 0.25) is 0 Å². The minimum Gasteiger partial charge on any atom is -0.497 e. The molecular weight excluding hydrogens is 382 g/mol. The third kappa shape index (κ3) is 4.77. The van der Waals surface area contributed by atoms with Gasteiger partial charge in [-0.2, -0.15) is 0 Å². The van der Waals surface area contributed by atoms with Crippen LogP contribution in [-0.4, -0.2) is 54.5 Å². The first-order valence-corrected chi connectivity index (χ1v) is 10.9. The van der Waals surface area contributed by atoms with E-state index in [4.69, 9.17) is 9.72 Å². The summed E-state index contributed by atoms with van der Waals surface area (Å²) in [5.41, 5.74) is 2.19. The molecule has 1 aliphatic rings. The molecule has 5 nitrogen and oxygen atoms in total. The van der Waals surface area contributed by atoms with E-state index in [1.807, 2.05) is 42.3 Å². The van der Waals surface area contributed by atoms with Crippen LogP contribution < -0.4 is 4.74 Å². The summed E-state index contributed by atoms with van der Waals surface area (Å²) >= 11 is 1.79. The number of likely N-dealkylation sites (tertiary alicyclic amines) is 1. The maximum Gasteiger partial charge on any atom is 0.236 e. The number of amides is 1. The molecule has 152 valence electrons. The van der Waals surface area contributed by atoms with Gasteiger partial charge in [-0.05, 0) is 49.2 Å². The van der Waals surface area contributed by atoms with E-state index in [-0.39, 0.29) is 5.91 Å². The molecule has 4 rings (SSSR count). The summed E-state index contributed by atoms with van der Waals surface area (Å²) in [6.07, 6.45) is 2.25. The number of thiazole rings is 1. The van der Waals surface area contributed by atoms with Crippen LogP contribution in [-0.2, 0) is 11.3 Å². The lowest BCUT2D eigenvalue weighted by Gasteiger charge is -2.32. The van der Waals surface area contributed by atoms with Crippen LogP contribution in [0, 0.1) is 0 Å². The SMILES string of the molecule is COc1ccc(CN(C)C(=O)CN2CCC[C@H](c3nc4ccccc4s3)C2)cc1. The largest absolute Gasteiger partial charge is 0.497 e. The third-order valence-corrected chi connectivity index (χ3v) is 6.73. The van der Waals surface area contributed by atoms with Gasteiger partial charge in [0.15, 0.2) is 0 Å². The van der Waals surface area contributed by atoms with Gasteiger partial charge in [-0.1, -0.05) is 24.3 Å². The average Bonchev–Trinajstić information content (AvgIpc) is 3.19. The van der Waals surface area contributed by atoms with Gasteiger partial charge in [0.2, 0.25) is 5.91 Å². The highest BCUT2D eigenvalue weighted by atomic mass is 32.1. The van der Waals surface area contributed by atoms with Gasteiger partial charge in [-0.25, -0.2) is 4.98 Å². The fourth-order valence-electron chi connectivity index (χ4n) is 3.87. The summed E-state index contributed by atoms with van der Waals surface area (Å²) in [7, 11) is 3.53. The number of nitrogens with zero attached hydrogens (tertiary/aromatic N) is 3. The number of ether oxygens (including phenoxy) is 1. The highest BCUT2D eigenvalue weighted by Gasteiger charge is 2.26. The molecule has 29 heavy (non-hydrogen) atoms. The first-order valence-electron chi connectivity index (χ1n) is 10.1. The number of likely N-dealkylation sites (N-methyl/N-ethyl adjacent to an activating group) is 1. The molecule has 0 saturated carbocycles. The Bertz CT molecular complexity index is 937. The molecule has 1 aromatic heterocycles. The molecule has 2 heterocycles. The van der Waals surface area contributed by atoms with Crippen LogP contribution in [0.4, 0.5) is 0 Å². The Kier molecular flexibility index (Phi) is 6.11. The van der Waals surface area contributed by atoms with Crippen molar-refractivity contribution in [2.45, 2.75) is 25.3 Å². The van der Waals surface area contributed by atoms with Crippen LogP contribution >= 0.6 is 11.3 Å². The van der Waals surface area contributed by atoms with Crippen LogP contribution in [0.1, 0.15) is 29.3 Å². The number of hydrogen-bond acceptors (Lipinski definition) is 5. The van der Waals surface area contributed by atoms with Crippen LogP contribution in [0.3, 0.4) is 0 Å². The standard InChI is InChI=1S/C23H27N3O2S/c1-25(14-17-9-11-19(28-2)12-10-17)22(27)16-26-13-5-6-18(15-26)23-24-20-7-3-4-8-21(20)29-23/h3-4,7-12,18H,5-6,13-16H2,1-2H3/t18-/m0/s1. The van der Waals surface area contributed by atoms with E-state index in [2.05, 4.69) is 23.1 Å². The zero-order chi connectivity index (χ0) is 20.2. The Balaban J connectivity index is 1.34. The number of carbonyl (C=O) groups excluding carboxylic acids is 1. The summed E-state index contributed by atoms with van der Waals surface area (Å²) in [6, 6.07) is 16.2. The van der Waals surface area contributed by atoms with Gasteiger partial charge in [-0.15, -0.1) is 11.3 Å². The molecule has 2 aromatic carbocycles. The molecule has 0 N–H and O–H groups in total. The van der Waals surface area contributed by atoms with Crippen molar-refractivity contribution in [3.05, 3.63) is 59.1 Å². The fourth-order valence-corrected chi connectivity index (χ4v) is 4.96. The molecule has 0 unspecified atom stereocenters. The summed E-state index contributed by atoms with van der Waals surface area (Å²) in [6.45, 7) is 2.96. The molecule has 6 heteroatoms. The Labute approximate surface area is 175 Å². The second-order valence-electron chi connectivity index (χ2n) is 7.69. The van der Waals surface area contributed by atoms with Gasteiger partial charge in [0.1, 0.15) is 5.75 Å². The normalized spacial score (nSPS) is 17.4. The van der Waals surface area contributed by atoms with E-state index in [0.717, 1.165) is 42.8 Å². The predicted molar refractivity (Wildman–Crippen MR) is 118 cm³/mol. The summed E-state index contributed by atoms with van der Waals surface area (Å²) < 4.78 is 6.44. The van der Waals surface area contributed by atoms with E-state index in [1.165, 1.54) is 9.71 Å². The summed E-state index contributed by atoms with van der Waals surface area (Å²) in [4.78, 5) is 21.7. The summed E-state index contributed by atoms with van der Waals surface area (Å²) in [5.74, 6) is 1.41. The molecule has 1 atom stereocenters. The van der Waals surface area contributed by atoms with Gasteiger partial charge >= 0.3 is 0 Å². The molecule has 1 fully saturated rings. The smallest absolute Gasteiger partial charge is 0.236 e. The average molecular weight is 410 g/mol. The lowest BCUT2D eigenvalue weighted by molar-refractivity contribution is -0.131. The van der Waals surface area contributed by atoms with E-state index in [0.29, 0.717) is 19.0 Å². The van der Waals surface area contributed by atoms with Gasteiger partial charge < -0.3 is 9.64 Å². The number of methoxy groups -OCH3 is 1. The van der Waals surface area contributed by atoms with Crippen molar-refractivity contribution in [3.63, 3.8) is 0 Å². The summed E-state index contributed by atoms with van der Waals surface area (Å²) in [5, 5.41) is 1.20. The Morgan fingerprint density at radius 3 is 2.79 bits per heavy atom. The minimum absolute atomic E-state index is 0.158. The van der Waals surface area contributed by atoms with Gasteiger partial charge in [-0.3, -0.25) is 9.69 Å². The van der Waals surface area contributed by atoms with Crippen molar-refractivity contribution < 1.29 is 9.53 Å². The number of benzene rings is 2. The number of rotatable bonds is 6. The number of piperidine rings is 1. The van der Waals surface area contributed by atoms with Crippen molar-refractivity contribution in [1.82, 2.24) is 14.8 Å². The van der Waals surface area contributed by atoms with E-state index < -0.39 is 0 Å². The zero-order valence-electron chi connectivity index (χ0n) is 17.0. The van der Waals surface area contributed by atoms with Crippen molar-refractivity contribution >= 4 is 27.5 Å². The van der Waals surface area contributed by atoms with Crippen molar-refractivity contribution in [2.24, 2.45) is 0 Å². The number of para-hydroxylation sites is 1. The number of hydrogen-bond donors (Lipinski definition) is 0. The molecule has 3 aromatic rings. The number of fused-ring (bicyclic) bond motifs is 1. The zero-order valence-corrected chi connectivity index (χ0v) is 17.8. The fraction of sp³-hybridized carbons (Fsp3) is 0.391. The van der Waals surface area contributed by atoms with Gasteiger partial charge in [0.05, 0.1) is 28.9 Å². The molecule has 0 aliphatic carbocycles. The lowest BCUT2D eigenvalue weighted by Crippen LogP contribution is -2.42. The topological polar surface area (TPSA) is 45.7 Å². The van der Waals surface area contributed by atoms with Gasteiger partial charge in [0, 0.05) is 26.1 Å². The highest BCUT2D eigenvalue weighted by molar-refractivity contribution is 7.18. The van der Waals surface area contributed by atoms with Crippen LogP contribution in [0.25, 0.3) is 10.2 Å². The lowest BCUT2D eigenvalue weighted by atomic mass is 9.98. The maximum absolute atomic E-state index is 12.8. The molecule has 1 saturated heterocycles. The second-order valence-corrected chi connectivity index (χ2v) is 8.75. The first kappa shape index (κ1) is 19.9.